The van der Waals surface area contributed by atoms with E-state index in [0.29, 0.717) is 0 Å². The summed E-state index contributed by atoms with van der Waals surface area (Å²) in [4.78, 5) is 21.6. The zero-order chi connectivity index (χ0) is 6.48. The normalized spacial score (nSPS) is 29.8. The van der Waals surface area contributed by atoms with Gasteiger partial charge < -0.3 is 0 Å². The molecule has 0 N–H and O–H groups in total. The summed E-state index contributed by atoms with van der Waals surface area (Å²) in [6.07, 6.45) is 2.69. The lowest BCUT2D eigenvalue weighted by atomic mass is 9.70. The highest BCUT2D eigenvalue weighted by molar-refractivity contribution is 8.29. The van der Waals surface area contributed by atoms with E-state index in [-0.39, 0.29) is 10.2 Å². The van der Waals surface area contributed by atoms with Crippen molar-refractivity contribution in [3.8, 4) is 0 Å². The third-order valence-electron chi connectivity index (χ3n) is 2.17. The molecule has 1 saturated heterocycles. The smallest absolute Gasteiger partial charge is 0.210 e. The van der Waals surface area contributed by atoms with E-state index in [0.717, 1.165) is 31.0 Å². The molecular formula is C6H6O2S. The minimum absolute atomic E-state index is 0.110. The summed E-state index contributed by atoms with van der Waals surface area (Å²) < 4.78 is 0. The molecule has 0 aromatic carbocycles. The van der Waals surface area contributed by atoms with Gasteiger partial charge in [0.15, 0.2) is 0 Å². The van der Waals surface area contributed by atoms with Crippen LogP contribution in [-0.2, 0) is 9.59 Å². The standard InChI is InChI=1S/C6H6O2S/c7-4-6(2-1-3-6)5(8)9-4/h1-3H2. The number of hydrogen-bond donors (Lipinski definition) is 0. The average molecular weight is 142 g/mol. The van der Waals surface area contributed by atoms with E-state index in [2.05, 4.69) is 0 Å². The second-order valence-electron chi connectivity index (χ2n) is 2.61. The van der Waals surface area contributed by atoms with Gasteiger partial charge in [0, 0.05) is 0 Å². The molecule has 3 heteroatoms. The molecule has 48 valence electrons. The first-order chi connectivity index (χ1) is 4.26. The summed E-state index contributed by atoms with van der Waals surface area (Å²) in [6.45, 7) is 0. The van der Waals surface area contributed by atoms with Gasteiger partial charge >= 0.3 is 0 Å². The maximum Gasteiger partial charge on any atom is 0.210 e. The monoisotopic (exact) mass is 142 g/mol. The van der Waals surface area contributed by atoms with Gasteiger partial charge in [0.05, 0.1) is 0 Å². The maximum absolute atomic E-state index is 10.8. The van der Waals surface area contributed by atoms with Crippen molar-refractivity contribution in [3.63, 3.8) is 0 Å². The predicted octanol–water partition coefficient (Wildman–Crippen LogP) is 0.957. The Morgan fingerprint density at radius 2 is 1.78 bits per heavy atom. The first kappa shape index (κ1) is 5.47. The van der Waals surface area contributed by atoms with Crippen LogP contribution in [-0.4, -0.2) is 10.2 Å². The number of rotatable bonds is 0. The SMILES string of the molecule is O=C1SC(=O)C12CCC2. The quantitative estimate of drug-likeness (QED) is 0.472. The Bertz CT molecular complexity index is 177. The number of carbonyl (C=O) groups excluding carboxylic acids is 2. The summed E-state index contributed by atoms with van der Waals surface area (Å²) >= 11 is 0.888. The Kier molecular flexibility index (Phi) is 0.850. The van der Waals surface area contributed by atoms with Gasteiger partial charge in [-0.2, -0.15) is 0 Å². The van der Waals surface area contributed by atoms with Crippen LogP contribution in [0.15, 0.2) is 0 Å². The largest absolute Gasteiger partial charge is 0.286 e. The van der Waals surface area contributed by atoms with Crippen molar-refractivity contribution in [2.45, 2.75) is 19.3 Å². The molecule has 2 rings (SSSR count). The van der Waals surface area contributed by atoms with Crippen LogP contribution in [0.1, 0.15) is 19.3 Å². The lowest BCUT2D eigenvalue weighted by Gasteiger charge is -2.43. The van der Waals surface area contributed by atoms with Crippen LogP contribution in [0.2, 0.25) is 0 Å². The molecule has 2 fully saturated rings. The fourth-order valence-corrected chi connectivity index (χ4v) is 2.25. The number of hydrogen-bond acceptors (Lipinski definition) is 3. The fraction of sp³-hybridized carbons (Fsp3) is 0.667. The Morgan fingerprint density at radius 1 is 1.22 bits per heavy atom. The fourth-order valence-electron chi connectivity index (χ4n) is 1.26. The Labute approximate surface area is 57.0 Å². The molecule has 1 saturated carbocycles. The van der Waals surface area contributed by atoms with E-state index in [1.807, 2.05) is 0 Å². The lowest BCUT2D eigenvalue weighted by molar-refractivity contribution is -0.139. The Morgan fingerprint density at radius 3 is 1.89 bits per heavy atom. The number of carbonyl (C=O) groups is 2. The molecule has 0 atom stereocenters. The molecular weight excluding hydrogens is 136 g/mol. The van der Waals surface area contributed by atoms with E-state index in [9.17, 15) is 9.59 Å². The summed E-state index contributed by atoms with van der Waals surface area (Å²) in [5, 5.41) is 0.220. The molecule has 0 aromatic heterocycles. The molecule has 0 bridgehead atoms. The lowest BCUT2D eigenvalue weighted by Crippen LogP contribution is -2.50. The topological polar surface area (TPSA) is 34.1 Å². The third kappa shape index (κ3) is 0.444. The molecule has 0 amide bonds. The van der Waals surface area contributed by atoms with E-state index in [4.69, 9.17) is 0 Å². The van der Waals surface area contributed by atoms with Crippen LogP contribution >= 0.6 is 11.8 Å². The third-order valence-corrected chi connectivity index (χ3v) is 3.33. The first-order valence-electron chi connectivity index (χ1n) is 3.02. The second-order valence-corrected chi connectivity index (χ2v) is 3.56. The molecule has 2 aliphatic rings. The van der Waals surface area contributed by atoms with Crippen molar-refractivity contribution in [1.29, 1.82) is 0 Å². The van der Waals surface area contributed by atoms with Crippen LogP contribution in [0.3, 0.4) is 0 Å². The highest BCUT2D eigenvalue weighted by Gasteiger charge is 2.59. The summed E-state index contributed by atoms with van der Waals surface area (Å²) in [5.74, 6) is 0. The van der Waals surface area contributed by atoms with Gasteiger partial charge in [-0.3, -0.25) is 9.59 Å². The first-order valence-corrected chi connectivity index (χ1v) is 3.84. The van der Waals surface area contributed by atoms with Gasteiger partial charge in [-0.1, -0.05) is 6.42 Å². The van der Waals surface area contributed by atoms with Crippen molar-refractivity contribution in [1.82, 2.24) is 0 Å². The average Bonchev–Trinajstić information content (AvgIpc) is 1.60. The van der Waals surface area contributed by atoms with Crippen LogP contribution in [0.4, 0.5) is 0 Å². The molecule has 0 aromatic rings. The molecule has 9 heavy (non-hydrogen) atoms. The van der Waals surface area contributed by atoms with E-state index >= 15 is 0 Å². The van der Waals surface area contributed by atoms with E-state index in [1.54, 1.807) is 0 Å². The number of thioether (sulfide) groups is 1. The van der Waals surface area contributed by atoms with Gasteiger partial charge in [-0.05, 0) is 24.6 Å². The predicted molar refractivity (Wildman–Crippen MR) is 33.9 cm³/mol. The molecule has 2 nitrogen and oxygen atoms in total. The highest BCUT2D eigenvalue weighted by atomic mass is 32.2. The molecule has 1 aliphatic heterocycles. The zero-order valence-electron chi connectivity index (χ0n) is 4.85. The molecule has 1 spiro atoms. The Balaban J connectivity index is 2.26. The second kappa shape index (κ2) is 1.40. The van der Waals surface area contributed by atoms with Crippen molar-refractivity contribution >= 4 is 22.0 Å². The van der Waals surface area contributed by atoms with Crippen LogP contribution in [0, 0.1) is 5.41 Å². The van der Waals surface area contributed by atoms with Gasteiger partial charge in [-0.25, -0.2) is 0 Å². The summed E-state index contributed by atoms with van der Waals surface area (Å²) in [5.41, 5.74) is -0.454. The minimum atomic E-state index is -0.454. The van der Waals surface area contributed by atoms with E-state index < -0.39 is 5.41 Å². The van der Waals surface area contributed by atoms with Crippen molar-refractivity contribution in [2.75, 3.05) is 0 Å². The molecule has 1 aliphatic carbocycles. The zero-order valence-corrected chi connectivity index (χ0v) is 5.66. The van der Waals surface area contributed by atoms with Gasteiger partial charge in [0.1, 0.15) is 5.41 Å². The van der Waals surface area contributed by atoms with Gasteiger partial charge in [0.2, 0.25) is 10.2 Å². The van der Waals surface area contributed by atoms with E-state index in [1.165, 1.54) is 0 Å². The van der Waals surface area contributed by atoms with Crippen LogP contribution in [0.25, 0.3) is 0 Å². The van der Waals surface area contributed by atoms with Crippen molar-refractivity contribution in [2.24, 2.45) is 5.41 Å². The minimum Gasteiger partial charge on any atom is -0.286 e. The van der Waals surface area contributed by atoms with Gasteiger partial charge in [0.25, 0.3) is 0 Å². The van der Waals surface area contributed by atoms with Crippen LogP contribution in [0.5, 0.6) is 0 Å². The molecule has 1 heterocycles. The summed E-state index contributed by atoms with van der Waals surface area (Å²) in [6, 6.07) is 0. The van der Waals surface area contributed by atoms with Crippen molar-refractivity contribution in [3.05, 3.63) is 0 Å². The molecule has 0 radical (unpaired) electrons. The maximum atomic E-state index is 10.8. The van der Waals surface area contributed by atoms with Crippen LogP contribution < -0.4 is 0 Å². The van der Waals surface area contributed by atoms with Crippen molar-refractivity contribution < 1.29 is 9.59 Å². The molecule has 0 unspecified atom stereocenters. The summed E-state index contributed by atoms with van der Waals surface area (Å²) in [7, 11) is 0. The Hall–Kier alpha value is -0.310. The van der Waals surface area contributed by atoms with Gasteiger partial charge in [-0.15, -0.1) is 0 Å². The highest BCUT2D eigenvalue weighted by Crippen LogP contribution is 2.55.